The number of amides is 1. The molecule has 0 aromatic carbocycles. The number of nitrogens with two attached hydrogens (primary N) is 1. The topological polar surface area (TPSA) is 55.6 Å². The normalized spacial score (nSPS) is 24.3. The molecule has 1 aromatic heterocycles. The van der Waals surface area contributed by atoms with E-state index in [9.17, 15) is 4.79 Å². The van der Waals surface area contributed by atoms with Gasteiger partial charge in [-0.3, -0.25) is 4.90 Å². The predicted molar refractivity (Wildman–Crippen MR) is 72.6 cm³/mol. The van der Waals surface area contributed by atoms with E-state index in [4.69, 9.17) is 10.5 Å². The Labute approximate surface area is 112 Å². The van der Waals surface area contributed by atoms with Crippen molar-refractivity contribution in [2.75, 3.05) is 6.54 Å². The maximum atomic E-state index is 12.2. The van der Waals surface area contributed by atoms with Gasteiger partial charge in [0.1, 0.15) is 5.60 Å². The van der Waals surface area contributed by atoms with Crippen LogP contribution in [0.25, 0.3) is 0 Å². The van der Waals surface area contributed by atoms with Gasteiger partial charge in [0.25, 0.3) is 0 Å². The SMILES string of the molecule is CC(C)(C)OC(=O)N1CC[C@@H](N)[C@@H]1c1ccsc1. The molecule has 2 rings (SSSR count). The summed E-state index contributed by atoms with van der Waals surface area (Å²) in [6, 6.07) is 1.97. The molecular formula is C13H20N2O2S. The lowest BCUT2D eigenvalue weighted by molar-refractivity contribution is 0.0218. The molecule has 0 spiro atoms. The van der Waals surface area contributed by atoms with Crippen molar-refractivity contribution in [1.29, 1.82) is 0 Å². The predicted octanol–water partition coefficient (Wildman–Crippen LogP) is 2.76. The van der Waals surface area contributed by atoms with Crippen LogP contribution in [0.5, 0.6) is 0 Å². The highest BCUT2D eigenvalue weighted by molar-refractivity contribution is 7.08. The second kappa shape index (κ2) is 4.90. The number of hydrogen-bond acceptors (Lipinski definition) is 4. The largest absolute Gasteiger partial charge is 0.444 e. The molecule has 1 saturated heterocycles. The third-order valence-electron chi connectivity index (χ3n) is 2.96. The van der Waals surface area contributed by atoms with E-state index in [-0.39, 0.29) is 18.2 Å². The summed E-state index contributed by atoms with van der Waals surface area (Å²) in [5, 5.41) is 4.06. The van der Waals surface area contributed by atoms with Gasteiger partial charge in [0.15, 0.2) is 0 Å². The summed E-state index contributed by atoms with van der Waals surface area (Å²) in [5.41, 5.74) is 6.76. The first-order valence-electron chi connectivity index (χ1n) is 6.16. The number of thiophene rings is 1. The summed E-state index contributed by atoms with van der Waals surface area (Å²) in [7, 11) is 0. The van der Waals surface area contributed by atoms with Gasteiger partial charge in [0, 0.05) is 12.6 Å². The number of likely N-dealkylation sites (tertiary alicyclic amines) is 1. The zero-order valence-corrected chi connectivity index (χ0v) is 11.9. The highest BCUT2D eigenvalue weighted by atomic mass is 32.1. The molecule has 2 heterocycles. The van der Waals surface area contributed by atoms with Gasteiger partial charge >= 0.3 is 6.09 Å². The van der Waals surface area contributed by atoms with Crippen LogP contribution in [0.1, 0.15) is 38.8 Å². The van der Waals surface area contributed by atoms with Gasteiger partial charge in [-0.1, -0.05) is 0 Å². The molecule has 5 heteroatoms. The number of nitrogens with zero attached hydrogens (tertiary/aromatic N) is 1. The first-order valence-corrected chi connectivity index (χ1v) is 7.10. The molecule has 100 valence electrons. The highest BCUT2D eigenvalue weighted by Crippen LogP contribution is 2.33. The monoisotopic (exact) mass is 268 g/mol. The van der Waals surface area contributed by atoms with Crippen LogP contribution >= 0.6 is 11.3 Å². The van der Waals surface area contributed by atoms with E-state index in [0.717, 1.165) is 12.0 Å². The van der Waals surface area contributed by atoms with E-state index in [2.05, 4.69) is 0 Å². The molecule has 0 bridgehead atoms. The van der Waals surface area contributed by atoms with Gasteiger partial charge < -0.3 is 10.5 Å². The van der Waals surface area contributed by atoms with Crippen LogP contribution in [0.3, 0.4) is 0 Å². The molecule has 0 aliphatic carbocycles. The number of ether oxygens (including phenoxy) is 1. The minimum absolute atomic E-state index is 0.00730. The molecule has 2 N–H and O–H groups in total. The second-order valence-electron chi connectivity index (χ2n) is 5.63. The van der Waals surface area contributed by atoms with Crippen molar-refractivity contribution in [3.8, 4) is 0 Å². The molecule has 1 fully saturated rings. The fourth-order valence-electron chi connectivity index (χ4n) is 2.21. The van der Waals surface area contributed by atoms with E-state index < -0.39 is 5.60 Å². The van der Waals surface area contributed by atoms with Crippen LogP contribution in [-0.2, 0) is 4.74 Å². The van der Waals surface area contributed by atoms with Crippen molar-refractivity contribution in [2.45, 2.75) is 44.9 Å². The van der Waals surface area contributed by atoms with Crippen molar-refractivity contribution >= 4 is 17.4 Å². The average Bonchev–Trinajstić information content (AvgIpc) is 2.82. The minimum Gasteiger partial charge on any atom is -0.444 e. The summed E-state index contributed by atoms with van der Waals surface area (Å²) in [5.74, 6) is 0. The number of carbonyl (C=O) groups is 1. The maximum absolute atomic E-state index is 12.2. The molecule has 0 radical (unpaired) electrons. The second-order valence-corrected chi connectivity index (χ2v) is 6.41. The zero-order valence-electron chi connectivity index (χ0n) is 11.1. The minimum atomic E-state index is -0.469. The Morgan fingerprint density at radius 3 is 2.83 bits per heavy atom. The summed E-state index contributed by atoms with van der Waals surface area (Å²) in [6.45, 7) is 6.29. The molecule has 0 saturated carbocycles. The lowest BCUT2D eigenvalue weighted by Gasteiger charge is -2.29. The van der Waals surface area contributed by atoms with Gasteiger partial charge in [0.05, 0.1) is 6.04 Å². The third kappa shape index (κ3) is 2.84. The molecule has 0 unspecified atom stereocenters. The van der Waals surface area contributed by atoms with Crippen LogP contribution in [0, 0.1) is 0 Å². The summed E-state index contributed by atoms with van der Waals surface area (Å²) in [6.07, 6.45) is 0.548. The molecule has 18 heavy (non-hydrogen) atoms. The Morgan fingerprint density at radius 1 is 1.56 bits per heavy atom. The van der Waals surface area contributed by atoms with Crippen LogP contribution in [0.2, 0.25) is 0 Å². The number of carbonyl (C=O) groups excluding carboxylic acids is 1. The van der Waals surface area contributed by atoms with Crippen LogP contribution in [0.15, 0.2) is 16.8 Å². The van der Waals surface area contributed by atoms with E-state index in [0.29, 0.717) is 6.54 Å². The van der Waals surface area contributed by atoms with Gasteiger partial charge in [-0.15, -0.1) is 0 Å². The Hall–Kier alpha value is -1.07. The molecule has 1 aromatic rings. The van der Waals surface area contributed by atoms with E-state index in [1.54, 1.807) is 16.2 Å². The zero-order chi connectivity index (χ0) is 13.3. The van der Waals surface area contributed by atoms with Gasteiger partial charge in [-0.25, -0.2) is 4.79 Å². The lowest BCUT2D eigenvalue weighted by atomic mass is 10.0. The van der Waals surface area contributed by atoms with E-state index in [1.807, 2.05) is 37.6 Å². The van der Waals surface area contributed by atoms with Crippen molar-refractivity contribution in [3.63, 3.8) is 0 Å². The summed E-state index contributed by atoms with van der Waals surface area (Å²) < 4.78 is 5.43. The van der Waals surface area contributed by atoms with Crippen LogP contribution in [-0.4, -0.2) is 29.2 Å². The molecule has 1 amide bonds. The Balaban J connectivity index is 2.15. The fourth-order valence-corrected chi connectivity index (χ4v) is 2.90. The van der Waals surface area contributed by atoms with Crippen molar-refractivity contribution in [3.05, 3.63) is 22.4 Å². The Morgan fingerprint density at radius 2 is 2.28 bits per heavy atom. The van der Waals surface area contributed by atoms with Gasteiger partial charge in [-0.05, 0) is 49.6 Å². The van der Waals surface area contributed by atoms with E-state index in [1.165, 1.54) is 0 Å². The quantitative estimate of drug-likeness (QED) is 0.852. The molecule has 2 atom stereocenters. The van der Waals surface area contributed by atoms with Crippen molar-refractivity contribution < 1.29 is 9.53 Å². The first-order chi connectivity index (χ1) is 8.38. The average molecular weight is 268 g/mol. The highest BCUT2D eigenvalue weighted by Gasteiger charge is 2.38. The van der Waals surface area contributed by atoms with Crippen molar-refractivity contribution in [1.82, 2.24) is 4.90 Å². The molecular weight excluding hydrogens is 248 g/mol. The van der Waals surface area contributed by atoms with Gasteiger partial charge in [-0.2, -0.15) is 11.3 Å². The maximum Gasteiger partial charge on any atom is 0.410 e. The van der Waals surface area contributed by atoms with Gasteiger partial charge in [0.2, 0.25) is 0 Å². The Bertz CT molecular complexity index is 411. The number of rotatable bonds is 1. The summed E-state index contributed by atoms with van der Waals surface area (Å²) in [4.78, 5) is 13.9. The summed E-state index contributed by atoms with van der Waals surface area (Å²) >= 11 is 1.62. The number of hydrogen-bond donors (Lipinski definition) is 1. The van der Waals surface area contributed by atoms with Crippen LogP contribution < -0.4 is 5.73 Å². The standard InChI is InChI=1S/C13H20N2O2S/c1-13(2,3)17-12(16)15-6-4-10(14)11(15)9-5-7-18-8-9/h5,7-8,10-11H,4,6,14H2,1-3H3/t10-,11+/m1/s1. The molecule has 1 aliphatic heterocycles. The third-order valence-corrected chi connectivity index (χ3v) is 3.66. The smallest absolute Gasteiger partial charge is 0.410 e. The molecule has 1 aliphatic rings. The fraction of sp³-hybridized carbons (Fsp3) is 0.615. The lowest BCUT2D eigenvalue weighted by Crippen LogP contribution is -2.39. The van der Waals surface area contributed by atoms with Crippen molar-refractivity contribution in [2.24, 2.45) is 5.73 Å². The Kier molecular flexibility index (Phi) is 3.64. The first kappa shape index (κ1) is 13.4. The molecule has 4 nitrogen and oxygen atoms in total. The van der Waals surface area contributed by atoms with E-state index >= 15 is 0 Å². The van der Waals surface area contributed by atoms with Crippen LogP contribution in [0.4, 0.5) is 4.79 Å².